The van der Waals surface area contributed by atoms with E-state index in [2.05, 4.69) is 13.8 Å². The highest BCUT2D eigenvalue weighted by Crippen LogP contribution is 2.27. The number of aliphatic carboxylic acids is 1. The van der Waals surface area contributed by atoms with Crippen LogP contribution >= 0.6 is 0 Å². The number of carboxylic acids is 1. The van der Waals surface area contributed by atoms with Crippen LogP contribution in [-0.4, -0.2) is 52.6 Å². The molecule has 108 valence electrons. The highest BCUT2D eigenvalue weighted by molar-refractivity contribution is 5.76. The van der Waals surface area contributed by atoms with Crippen molar-refractivity contribution in [1.82, 2.24) is 9.80 Å². The van der Waals surface area contributed by atoms with Crippen LogP contribution in [0.4, 0.5) is 4.79 Å². The van der Waals surface area contributed by atoms with Crippen LogP contribution in [0, 0.1) is 17.8 Å². The van der Waals surface area contributed by atoms with Gasteiger partial charge in [-0.1, -0.05) is 13.8 Å². The van der Waals surface area contributed by atoms with Gasteiger partial charge in [-0.05, 0) is 31.6 Å². The summed E-state index contributed by atoms with van der Waals surface area (Å²) >= 11 is 0. The maximum atomic E-state index is 12.5. The van der Waals surface area contributed by atoms with E-state index in [1.807, 2.05) is 16.7 Å². The molecule has 0 aromatic rings. The average molecular weight is 268 g/mol. The van der Waals surface area contributed by atoms with Crippen molar-refractivity contribution in [3.8, 4) is 0 Å². The minimum atomic E-state index is -0.734. The fourth-order valence-electron chi connectivity index (χ4n) is 3.15. The highest BCUT2D eigenvalue weighted by Gasteiger charge is 2.37. The molecular weight excluding hydrogens is 244 g/mol. The van der Waals surface area contributed by atoms with Gasteiger partial charge >= 0.3 is 12.0 Å². The third-order valence-electron chi connectivity index (χ3n) is 4.73. The fraction of sp³-hybridized carbons (Fsp3) is 0.857. The Morgan fingerprint density at radius 1 is 1.11 bits per heavy atom. The van der Waals surface area contributed by atoms with Crippen molar-refractivity contribution < 1.29 is 14.7 Å². The summed E-state index contributed by atoms with van der Waals surface area (Å²) in [5.74, 6) is 0.0736. The van der Waals surface area contributed by atoms with Gasteiger partial charge in [-0.3, -0.25) is 4.79 Å². The zero-order chi connectivity index (χ0) is 14.2. The van der Waals surface area contributed by atoms with Crippen LogP contribution in [0.15, 0.2) is 0 Å². The molecule has 2 fully saturated rings. The zero-order valence-corrected chi connectivity index (χ0v) is 12.0. The van der Waals surface area contributed by atoms with Gasteiger partial charge in [0.25, 0.3) is 0 Å². The Labute approximate surface area is 114 Å². The van der Waals surface area contributed by atoms with Crippen molar-refractivity contribution >= 4 is 12.0 Å². The first kappa shape index (κ1) is 14.2. The van der Waals surface area contributed by atoms with Gasteiger partial charge in [-0.25, -0.2) is 4.79 Å². The lowest BCUT2D eigenvalue weighted by Crippen LogP contribution is -2.51. The summed E-state index contributed by atoms with van der Waals surface area (Å²) in [6.07, 6.45) is 1.14. The quantitative estimate of drug-likeness (QED) is 0.790. The average Bonchev–Trinajstić information content (AvgIpc) is 2.68. The van der Waals surface area contributed by atoms with Gasteiger partial charge in [0.15, 0.2) is 0 Å². The van der Waals surface area contributed by atoms with Crippen molar-refractivity contribution in [1.29, 1.82) is 0 Å². The van der Waals surface area contributed by atoms with Crippen LogP contribution in [0.5, 0.6) is 0 Å². The second kappa shape index (κ2) is 5.39. The standard InChI is InChI=1S/C14H24N2O3/c1-9-7-15(8-10(9)2)14(19)16-5-4-12(13(17)18)6-11(16)3/h9-12H,4-8H2,1-3H3,(H,17,18). The molecule has 1 N–H and O–H groups in total. The van der Waals surface area contributed by atoms with E-state index >= 15 is 0 Å². The largest absolute Gasteiger partial charge is 0.481 e. The van der Waals surface area contributed by atoms with Gasteiger partial charge in [0.1, 0.15) is 0 Å². The summed E-state index contributed by atoms with van der Waals surface area (Å²) in [5, 5.41) is 9.05. The molecule has 2 heterocycles. The molecule has 5 heteroatoms. The number of carbonyl (C=O) groups excluding carboxylic acids is 1. The monoisotopic (exact) mass is 268 g/mol. The Hall–Kier alpha value is -1.26. The molecule has 0 saturated carbocycles. The Morgan fingerprint density at radius 2 is 1.68 bits per heavy atom. The number of urea groups is 1. The fourth-order valence-corrected chi connectivity index (χ4v) is 3.15. The molecule has 2 amide bonds. The summed E-state index contributed by atoms with van der Waals surface area (Å²) in [6, 6.07) is 0.112. The molecule has 0 aromatic heterocycles. The van der Waals surface area contributed by atoms with Crippen LogP contribution in [0.1, 0.15) is 33.6 Å². The summed E-state index contributed by atoms with van der Waals surface area (Å²) in [4.78, 5) is 27.3. The number of amides is 2. The van der Waals surface area contributed by atoms with Gasteiger partial charge in [0, 0.05) is 25.7 Å². The van der Waals surface area contributed by atoms with Crippen molar-refractivity contribution in [3.05, 3.63) is 0 Å². The van der Waals surface area contributed by atoms with E-state index in [9.17, 15) is 9.59 Å². The smallest absolute Gasteiger partial charge is 0.320 e. The second-order valence-corrected chi connectivity index (χ2v) is 6.24. The Balaban J connectivity index is 1.96. The third-order valence-corrected chi connectivity index (χ3v) is 4.73. The first-order valence-corrected chi connectivity index (χ1v) is 7.18. The number of hydrogen-bond donors (Lipinski definition) is 1. The zero-order valence-electron chi connectivity index (χ0n) is 12.0. The summed E-state index contributed by atoms with van der Waals surface area (Å²) in [5.41, 5.74) is 0. The topological polar surface area (TPSA) is 60.9 Å². The second-order valence-electron chi connectivity index (χ2n) is 6.24. The number of rotatable bonds is 1. The Morgan fingerprint density at radius 3 is 2.16 bits per heavy atom. The molecule has 2 aliphatic rings. The van der Waals surface area contributed by atoms with Gasteiger partial charge in [0.05, 0.1) is 5.92 Å². The maximum absolute atomic E-state index is 12.5. The molecule has 19 heavy (non-hydrogen) atoms. The third kappa shape index (κ3) is 2.85. The molecular formula is C14H24N2O3. The molecule has 0 radical (unpaired) electrons. The summed E-state index contributed by atoms with van der Waals surface area (Å²) in [6.45, 7) is 8.53. The number of nitrogens with zero attached hydrogens (tertiary/aromatic N) is 2. The van der Waals surface area contributed by atoms with Crippen molar-refractivity contribution in [2.75, 3.05) is 19.6 Å². The number of carboxylic acid groups (broad SMARTS) is 1. The van der Waals surface area contributed by atoms with Gasteiger partial charge in [-0.2, -0.15) is 0 Å². The van der Waals surface area contributed by atoms with Crippen LogP contribution in [-0.2, 0) is 4.79 Å². The van der Waals surface area contributed by atoms with Gasteiger partial charge < -0.3 is 14.9 Å². The Bertz CT molecular complexity index is 362. The van der Waals surface area contributed by atoms with E-state index in [-0.39, 0.29) is 18.0 Å². The molecule has 4 atom stereocenters. The van der Waals surface area contributed by atoms with Gasteiger partial charge in [0.2, 0.25) is 0 Å². The highest BCUT2D eigenvalue weighted by atomic mass is 16.4. The molecule has 0 spiro atoms. The molecule has 2 rings (SSSR count). The van der Waals surface area contributed by atoms with E-state index in [1.165, 1.54) is 0 Å². The van der Waals surface area contributed by atoms with Crippen LogP contribution in [0.25, 0.3) is 0 Å². The predicted molar refractivity (Wildman–Crippen MR) is 71.8 cm³/mol. The molecule has 2 saturated heterocycles. The molecule has 5 nitrogen and oxygen atoms in total. The van der Waals surface area contributed by atoms with Crippen LogP contribution in [0.2, 0.25) is 0 Å². The van der Waals surface area contributed by atoms with Gasteiger partial charge in [-0.15, -0.1) is 0 Å². The predicted octanol–water partition coefficient (Wildman–Crippen LogP) is 1.88. The van der Waals surface area contributed by atoms with E-state index in [1.54, 1.807) is 0 Å². The molecule has 0 bridgehead atoms. The molecule has 2 aliphatic heterocycles. The minimum absolute atomic E-state index is 0.0218. The van der Waals surface area contributed by atoms with E-state index in [0.717, 1.165) is 13.1 Å². The number of likely N-dealkylation sites (tertiary alicyclic amines) is 2. The SMILES string of the molecule is CC1CN(C(=O)N2CCC(C(=O)O)CC2C)CC1C. The lowest BCUT2D eigenvalue weighted by atomic mass is 9.92. The number of hydrogen-bond acceptors (Lipinski definition) is 2. The van der Waals surface area contributed by atoms with Crippen molar-refractivity contribution in [3.63, 3.8) is 0 Å². The van der Waals surface area contributed by atoms with E-state index < -0.39 is 5.97 Å². The molecule has 4 unspecified atom stereocenters. The first-order chi connectivity index (χ1) is 8.90. The lowest BCUT2D eigenvalue weighted by molar-refractivity contribution is -0.143. The van der Waals surface area contributed by atoms with Crippen LogP contribution < -0.4 is 0 Å². The minimum Gasteiger partial charge on any atom is -0.481 e. The van der Waals surface area contributed by atoms with E-state index in [0.29, 0.717) is 31.2 Å². The van der Waals surface area contributed by atoms with Crippen LogP contribution in [0.3, 0.4) is 0 Å². The Kier molecular flexibility index (Phi) is 4.02. The first-order valence-electron chi connectivity index (χ1n) is 7.18. The molecule has 0 aromatic carbocycles. The lowest BCUT2D eigenvalue weighted by Gasteiger charge is -2.38. The van der Waals surface area contributed by atoms with Crippen molar-refractivity contribution in [2.24, 2.45) is 17.8 Å². The summed E-state index contributed by atoms with van der Waals surface area (Å²) < 4.78 is 0. The summed E-state index contributed by atoms with van der Waals surface area (Å²) in [7, 11) is 0. The van der Waals surface area contributed by atoms with E-state index in [4.69, 9.17) is 5.11 Å². The maximum Gasteiger partial charge on any atom is 0.320 e. The normalized spacial score (nSPS) is 35.5. The number of piperidine rings is 1. The number of carbonyl (C=O) groups is 2. The van der Waals surface area contributed by atoms with Crippen molar-refractivity contribution in [2.45, 2.75) is 39.7 Å². The molecule has 0 aliphatic carbocycles.